The maximum Gasteiger partial charge on any atom is 0.222 e. The number of amides is 1. The van der Waals surface area contributed by atoms with Gasteiger partial charge in [-0.15, -0.1) is 0 Å². The Kier molecular flexibility index (Phi) is 4.90. The van der Waals surface area contributed by atoms with Crippen LogP contribution in [0.4, 0.5) is 0 Å². The summed E-state index contributed by atoms with van der Waals surface area (Å²) >= 11 is 0. The quantitative estimate of drug-likeness (QED) is 0.589. The Morgan fingerprint density at radius 2 is 2.09 bits per heavy atom. The van der Waals surface area contributed by atoms with Crippen molar-refractivity contribution in [2.75, 3.05) is 7.05 Å². The first kappa shape index (κ1) is 9.75. The van der Waals surface area contributed by atoms with E-state index in [-0.39, 0.29) is 5.91 Å². The molecule has 0 aromatic carbocycles. The van der Waals surface area contributed by atoms with Crippen LogP contribution in [0.1, 0.15) is 13.8 Å². The summed E-state index contributed by atoms with van der Waals surface area (Å²) in [5.74, 6) is 0.630. The summed E-state index contributed by atoms with van der Waals surface area (Å²) in [7, 11) is 1.76. The highest BCUT2D eigenvalue weighted by Crippen LogP contribution is 1.83. The molecule has 0 spiro atoms. The monoisotopic (exact) mass is 154 g/mol. The van der Waals surface area contributed by atoms with Crippen LogP contribution >= 0.6 is 0 Å². The zero-order valence-corrected chi connectivity index (χ0v) is 7.14. The fraction of sp³-hybridized carbons (Fsp3) is 0.375. The molecule has 0 rings (SSSR count). The van der Waals surface area contributed by atoms with Crippen LogP contribution in [0.5, 0.6) is 0 Å². The molecule has 0 saturated heterocycles. The van der Waals surface area contributed by atoms with E-state index in [0.29, 0.717) is 5.82 Å². The third-order valence-electron chi connectivity index (χ3n) is 1.04. The minimum Gasteiger partial charge on any atom is -0.375 e. The highest BCUT2D eigenvalue weighted by Gasteiger charge is 1.92. The van der Waals surface area contributed by atoms with Gasteiger partial charge in [0.05, 0.1) is 0 Å². The first-order chi connectivity index (χ1) is 5.20. The van der Waals surface area contributed by atoms with Gasteiger partial charge >= 0.3 is 0 Å². The summed E-state index contributed by atoms with van der Waals surface area (Å²) in [5.41, 5.74) is 0. The average Bonchev–Trinajstić information content (AvgIpc) is 1.97. The first-order valence-electron chi connectivity index (χ1n) is 3.49. The van der Waals surface area contributed by atoms with Crippen molar-refractivity contribution in [3.05, 3.63) is 24.0 Å². The van der Waals surface area contributed by atoms with Crippen LogP contribution < -0.4 is 10.6 Å². The number of carbonyl (C=O) groups excluding carboxylic acids is 1. The lowest BCUT2D eigenvalue weighted by Gasteiger charge is -2.04. The van der Waals surface area contributed by atoms with Gasteiger partial charge in [0.1, 0.15) is 5.82 Å². The molecule has 11 heavy (non-hydrogen) atoms. The minimum atomic E-state index is -0.0740. The van der Waals surface area contributed by atoms with Crippen molar-refractivity contribution >= 4 is 5.91 Å². The lowest BCUT2D eigenvalue weighted by atomic mass is 10.4. The molecule has 0 fully saturated rings. The van der Waals surface area contributed by atoms with Crippen molar-refractivity contribution in [3.8, 4) is 0 Å². The Labute approximate surface area is 67.2 Å². The standard InChI is InChI=1S/C8H14N2O/c1-4-5-6-8(9-3)10-7(2)11/h4-6,9H,1-3H3,(H,10,11)/b5-4-,8-6+. The van der Waals surface area contributed by atoms with Crippen LogP contribution in [0.3, 0.4) is 0 Å². The van der Waals surface area contributed by atoms with Gasteiger partial charge in [0.2, 0.25) is 5.91 Å². The highest BCUT2D eigenvalue weighted by molar-refractivity contribution is 5.74. The Balaban J connectivity index is 4.04. The molecule has 0 heterocycles. The first-order valence-corrected chi connectivity index (χ1v) is 3.49. The van der Waals surface area contributed by atoms with E-state index >= 15 is 0 Å². The SMILES string of the molecule is C/C=C\C=C(/NC)NC(C)=O. The molecule has 0 atom stereocenters. The van der Waals surface area contributed by atoms with Gasteiger partial charge in [-0.25, -0.2) is 0 Å². The van der Waals surface area contributed by atoms with Gasteiger partial charge in [0.15, 0.2) is 0 Å². The molecule has 0 aliphatic carbocycles. The molecular weight excluding hydrogens is 140 g/mol. The topological polar surface area (TPSA) is 41.1 Å². The predicted molar refractivity (Wildman–Crippen MR) is 45.8 cm³/mol. The van der Waals surface area contributed by atoms with Crippen LogP contribution in [-0.4, -0.2) is 13.0 Å². The van der Waals surface area contributed by atoms with Crippen LogP contribution in [0, 0.1) is 0 Å². The van der Waals surface area contributed by atoms with Crippen molar-refractivity contribution in [1.82, 2.24) is 10.6 Å². The predicted octanol–water partition coefficient (Wildman–Crippen LogP) is 0.759. The average molecular weight is 154 g/mol. The largest absolute Gasteiger partial charge is 0.375 e. The molecule has 0 aromatic rings. The van der Waals surface area contributed by atoms with Gasteiger partial charge in [-0.3, -0.25) is 4.79 Å². The maximum atomic E-state index is 10.6. The zero-order chi connectivity index (χ0) is 8.69. The van der Waals surface area contributed by atoms with E-state index in [2.05, 4.69) is 10.6 Å². The Morgan fingerprint density at radius 3 is 2.45 bits per heavy atom. The molecule has 0 aliphatic rings. The fourth-order valence-corrected chi connectivity index (χ4v) is 0.570. The molecule has 0 unspecified atom stereocenters. The third kappa shape index (κ3) is 5.21. The van der Waals surface area contributed by atoms with E-state index in [0.717, 1.165) is 0 Å². The molecule has 0 saturated carbocycles. The second kappa shape index (κ2) is 5.53. The summed E-state index contributed by atoms with van der Waals surface area (Å²) < 4.78 is 0. The number of nitrogens with one attached hydrogen (secondary N) is 2. The van der Waals surface area contributed by atoms with Gasteiger partial charge < -0.3 is 10.6 Å². The summed E-state index contributed by atoms with van der Waals surface area (Å²) in [4.78, 5) is 10.6. The molecule has 3 nitrogen and oxygen atoms in total. The van der Waals surface area contributed by atoms with E-state index in [9.17, 15) is 4.79 Å². The zero-order valence-electron chi connectivity index (χ0n) is 7.14. The van der Waals surface area contributed by atoms with Crippen LogP contribution in [0.25, 0.3) is 0 Å². The summed E-state index contributed by atoms with van der Waals surface area (Å²) in [6.07, 6.45) is 5.53. The third-order valence-corrected chi connectivity index (χ3v) is 1.04. The van der Waals surface area contributed by atoms with Crippen LogP contribution in [0.15, 0.2) is 24.0 Å². The highest BCUT2D eigenvalue weighted by atomic mass is 16.1. The molecule has 3 heteroatoms. The van der Waals surface area contributed by atoms with Gasteiger partial charge in [-0.05, 0) is 13.0 Å². The van der Waals surface area contributed by atoms with Gasteiger partial charge in [-0.2, -0.15) is 0 Å². The normalized spacial score (nSPS) is 11.7. The molecule has 0 aromatic heterocycles. The maximum absolute atomic E-state index is 10.6. The molecule has 1 amide bonds. The number of rotatable bonds is 3. The molecule has 0 radical (unpaired) electrons. The van der Waals surface area contributed by atoms with E-state index in [4.69, 9.17) is 0 Å². The second-order valence-electron chi connectivity index (χ2n) is 2.04. The van der Waals surface area contributed by atoms with E-state index < -0.39 is 0 Å². The van der Waals surface area contributed by atoms with Crippen molar-refractivity contribution in [1.29, 1.82) is 0 Å². The fourth-order valence-electron chi connectivity index (χ4n) is 0.570. The Bertz CT molecular complexity index is 183. The number of hydrogen-bond donors (Lipinski definition) is 2. The molecular formula is C8H14N2O. The smallest absolute Gasteiger partial charge is 0.222 e. The van der Waals surface area contributed by atoms with Gasteiger partial charge in [0, 0.05) is 14.0 Å². The van der Waals surface area contributed by atoms with E-state index in [1.807, 2.05) is 19.1 Å². The Hall–Kier alpha value is -1.25. The van der Waals surface area contributed by atoms with Gasteiger partial charge in [0.25, 0.3) is 0 Å². The van der Waals surface area contributed by atoms with Crippen molar-refractivity contribution < 1.29 is 4.79 Å². The lowest BCUT2D eigenvalue weighted by molar-refractivity contribution is -0.118. The number of allylic oxidation sites excluding steroid dienone is 3. The number of carbonyl (C=O) groups is 1. The van der Waals surface area contributed by atoms with E-state index in [1.165, 1.54) is 6.92 Å². The Morgan fingerprint density at radius 1 is 1.45 bits per heavy atom. The molecule has 0 aliphatic heterocycles. The van der Waals surface area contributed by atoms with Crippen LogP contribution in [0.2, 0.25) is 0 Å². The summed E-state index contributed by atoms with van der Waals surface area (Å²) in [6, 6.07) is 0. The second-order valence-corrected chi connectivity index (χ2v) is 2.04. The minimum absolute atomic E-state index is 0.0740. The molecule has 2 N–H and O–H groups in total. The molecule has 62 valence electrons. The van der Waals surface area contributed by atoms with Crippen LogP contribution in [-0.2, 0) is 4.79 Å². The summed E-state index contributed by atoms with van der Waals surface area (Å²) in [5, 5.41) is 5.47. The van der Waals surface area contributed by atoms with Crippen molar-refractivity contribution in [2.24, 2.45) is 0 Å². The summed E-state index contributed by atoms with van der Waals surface area (Å²) in [6.45, 7) is 3.39. The molecule has 0 bridgehead atoms. The lowest BCUT2D eigenvalue weighted by Crippen LogP contribution is -2.27. The van der Waals surface area contributed by atoms with Crippen molar-refractivity contribution in [3.63, 3.8) is 0 Å². The van der Waals surface area contributed by atoms with Crippen molar-refractivity contribution in [2.45, 2.75) is 13.8 Å². The number of hydrogen-bond acceptors (Lipinski definition) is 2. The van der Waals surface area contributed by atoms with E-state index in [1.54, 1.807) is 13.1 Å². The van der Waals surface area contributed by atoms with Gasteiger partial charge in [-0.1, -0.05) is 12.2 Å².